The van der Waals surface area contributed by atoms with E-state index in [0.29, 0.717) is 35.4 Å². The fourth-order valence-corrected chi connectivity index (χ4v) is 5.86. The number of amides is 2. The first-order chi connectivity index (χ1) is 22.3. The van der Waals surface area contributed by atoms with Crippen molar-refractivity contribution in [3.05, 3.63) is 89.9 Å². The van der Waals surface area contributed by atoms with Crippen LogP contribution in [0.5, 0.6) is 11.6 Å². The van der Waals surface area contributed by atoms with Crippen LogP contribution in [0.4, 0.5) is 11.4 Å². The standard InChI is InChI=1S/C36H39N7O3/c1-5-32(44)38-22-25-12-18-43(19-13-25)30-9-8-28(20-24(30)3)39-35(45)27-7-6-23(2)31(21-27)46-36-33-29(14-17-42(33)4)40-34(41-36)26-10-15-37-16-11-26/h6-11,14-17,20-21,25H,5,12-13,18-19,22H2,1-4H3,(H,38,44)(H,39,45). The van der Waals surface area contributed by atoms with Crippen LogP contribution in [0.25, 0.3) is 22.4 Å². The van der Waals surface area contributed by atoms with E-state index in [1.165, 1.54) is 5.69 Å². The highest BCUT2D eigenvalue weighted by Crippen LogP contribution is 2.33. The number of aromatic nitrogens is 4. The third-order valence-corrected chi connectivity index (χ3v) is 8.60. The molecule has 0 atom stereocenters. The maximum atomic E-state index is 13.4. The van der Waals surface area contributed by atoms with E-state index in [2.05, 4.69) is 33.5 Å². The number of anilines is 2. The van der Waals surface area contributed by atoms with Gasteiger partial charge >= 0.3 is 0 Å². The fourth-order valence-electron chi connectivity index (χ4n) is 5.86. The van der Waals surface area contributed by atoms with Crippen LogP contribution in [0.1, 0.15) is 47.7 Å². The number of benzene rings is 2. The number of aryl methyl sites for hydroxylation is 3. The summed E-state index contributed by atoms with van der Waals surface area (Å²) in [5.41, 5.74) is 6.70. The predicted molar refractivity (Wildman–Crippen MR) is 180 cm³/mol. The van der Waals surface area contributed by atoms with E-state index >= 15 is 0 Å². The van der Waals surface area contributed by atoms with Crippen LogP contribution in [0, 0.1) is 19.8 Å². The molecular formula is C36H39N7O3. The van der Waals surface area contributed by atoms with E-state index in [-0.39, 0.29) is 11.8 Å². The zero-order valence-electron chi connectivity index (χ0n) is 26.7. The van der Waals surface area contributed by atoms with Gasteiger partial charge in [-0.3, -0.25) is 14.6 Å². The molecule has 4 heterocycles. The number of carbonyl (C=O) groups is 2. The summed E-state index contributed by atoms with van der Waals surface area (Å²) >= 11 is 0. The zero-order chi connectivity index (χ0) is 32.2. The maximum absolute atomic E-state index is 13.4. The summed E-state index contributed by atoms with van der Waals surface area (Å²) in [7, 11) is 1.92. The lowest BCUT2D eigenvalue weighted by molar-refractivity contribution is -0.121. The predicted octanol–water partition coefficient (Wildman–Crippen LogP) is 6.43. The second-order valence-electron chi connectivity index (χ2n) is 11.9. The van der Waals surface area contributed by atoms with Crippen molar-refractivity contribution in [2.45, 2.75) is 40.0 Å². The van der Waals surface area contributed by atoms with Crippen LogP contribution < -0.4 is 20.3 Å². The number of rotatable bonds is 9. The van der Waals surface area contributed by atoms with Crippen molar-refractivity contribution in [3.63, 3.8) is 0 Å². The van der Waals surface area contributed by atoms with Crippen molar-refractivity contribution in [1.82, 2.24) is 24.8 Å². The highest BCUT2D eigenvalue weighted by atomic mass is 16.5. The van der Waals surface area contributed by atoms with Crippen molar-refractivity contribution in [1.29, 1.82) is 0 Å². The second kappa shape index (κ2) is 13.4. The monoisotopic (exact) mass is 617 g/mol. The Bertz CT molecular complexity index is 1880. The molecule has 1 saturated heterocycles. The molecule has 0 radical (unpaired) electrons. The molecule has 6 rings (SSSR count). The minimum Gasteiger partial charge on any atom is -0.437 e. The number of nitrogens with one attached hydrogen (secondary N) is 2. The molecule has 10 nitrogen and oxygen atoms in total. The van der Waals surface area contributed by atoms with Crippen molar-refractivity contribution < 1.29 is 14.3 Å². The molecule has 236 valence electrons. The summed E-state index contributed by atoms with van der Waals surface area (Å²) in [6.07, 6.45) is 7.93. The second-order valence-corrected chi connectivity index (χ2v) is 11.9. The summed E-state index contributed by atoms with van der Waals surface area (Å²) in [5, 5.41) is 6.08. The molecule has 0 aliphatic carbocycles. The summed E-state index contributed by atoms with van der Waals surface area (Å²) < 4.78 is 8.34. The molecule has 1 aliphatic heterocycles. The summed E-state index contributed by atoms with van der Waals surface area (Å²) in [6, 6.07) is 17.1. The van der Waals surface area contributed by atoms with Gasteiger partial charge in [0.15, 0.2) is 5.82 Å². The number of pyridine rings is 1. The average Bonchev–Trinajstić information content (AvgIpc) is 3.45. The molecule has 2 aromatic carbocycles. The Labute approximate surface area is 268 Å². The third kappa shape index (κ3) is 6.71. The van der Waals surface area contributed by atoms with Gasteiger partial charge < -0.3 is 24.8 Å². The molecule has 46 heavy (non-hydrogen) atoms. The van der Waals surface area contributed by atoms with Gasteiger partial charge in [0.05, 0.1) is 5.52 Å². The number of fused-ring (bicyclic) bond motifs is 1. The Balaban J connectivity index is 1.16. The van der Waals surface area contributed by atoms with E-state index in [9.17, 15) is 9.59 Å². The number of nitrogens with zero attached hydrogens (tertiary/aromatic N) is 5. The van der Waals surface area contributed by atoms with Gasteiger partial charge in [0, 0.05) is 74.2 Å². The van der Waals surface area contributed by atoms with Crippen LogP contribution in [-0.4, -0.2) is 51.0 Å². The Kier molecular flexibility index (Phi) is 8.96. The largest absolute Gasteiger partial charge is 0.437 e. The molecule has 10 heteroatoms. The SMILES string of the molecule is CCC(=O)NCC1CCN(c2ccc(NC(=O)c3ccc(C)c(Oc4nc(-c5ccncc5)nc5ccn(C)c45)c3)cc2C)CC1. The van der Waals surface area contributed by atoms with Gasteiger partial charge in [-0.25, -0.2) is 4.98 Å². The molecule has 0 bridgehead atoms. The van der Waals surface area contributed by atoms with Gasteiger partial charge in [0.1, 0.15) is 11.3 Å². The van der Waals surface area contributed by atoms with Crippen LogP contribution >= 0.6 is 0 Å². The Morgan fingerprint density at radius 2 is 1.74 bits per heavy atom. The highest BCUT2D eigenvalue weighted by Gasteiger charge is 2.22. The van der Waals surface area contributed by atoms with Crippen LogP contribution in [-0.2, 0) is 11.8 Å². The molecule has 5 aromatic rings. The number of hydrogen-bond acceptors (Lipinski definition) is 7. The van der Waals surface area contributed by atoms with Crippen molar-refractivity contribution in [2.24, 2.45) is 13.0 Å². The van der Waals surface area contributed by atoms with E-state index in [1.807, 2.05) is 68.1 Å². The lowest BCUT2D eigenvalue weighted by atomic mass is 9.95. The Hall–Kier alpha value is -5.25. The first-order valence-electron chi connectivity index (χ1n) is 15.7. The fraction of sp³-hybridized carbons (Fsp3) is 0.306. The van der Waals surface area contributed by atoms with E-state index in [0.717, 1.165) is 65.9 Å². The summed E-state index contributed by atoms with van der Waals surface area (Å²) in [6.45, 7) is 8.52. The first-order valence-corrected chi connectivity index (χ1v) is 15.7. The van der Waals surface area contributed by atoms with Crippen molar-refractivity contribution in [3.8, 4) is 23.0 Å². The van der Waals surface area contributed by atoms with Gasteiger partial charge in [0.25, 0.3) is 5.91 Å². The molecule has 0 unspecified atom stereocenters. The van der Waals surface area contributed by atoms with Crippen LogP contribution in [0.3, 0.4) is 0 Å². The lowest BCUT2D eigenvalue weighted by Gasteiger charge is -2.34. The number of carbonyl (C=O) groups excluding carboxylic acids is 2. The topological polar surface area (TPSA) is 114 Å². The molecule has 3 aromatic heterocycles. The number of piperidine rings is 1. The van der Waals surface area contributed by atoms with Crippen molar-refractivity contribution in [2.75, 3.05) is 29.9 Å². The van der Waals surface area contributed by atoms with E-state index in [1.54, 1.807) is 24.5 Å². The highest BCUT2D eigenvalue weighted by molar-refractivity contribution is 6.04. The summed E-state index contributed by atoms with van der Waals surface area (Å²) in [4.78, 5) is 41.0. The van der Waals surface area contributed by atoms with Crippen LogP contribution in [0.15, 0.2) is 73.2 Å². The summed E-state index contributed by atoms with van der Waals surface area (Å²) in [5.74, 6) is 1.87. The smallest absolute Gasteiger partial charge is 0.255 e. The molecule has 0 spiro atoms. The normalized spacial score (nSPS) is 13.5. The van der Waals surface area contributed by atoms with Gasteiger partial charge in [-0.1, -0.05) is 13.0 Å². The van der Waals surface area contributed by atoms with Gasteiger partial charge in [-0.15, -0.1) is 0 Å². The van der Waals surface area contributed by atoms with Gasteiger partial charge in [-0.05, 0) is 92.3 Å². The van der Waals surface area contributed by atoms with Gasteiger partial charge in [-0.2, -0.15) is 4.98 Å². The Morgan fingerprint density at radius 1 is 0.957 bits per heavy atom. The molecular weight excluding hydrogens is 578 g/mol. The number of hydrogen-bond donors (Lipinski definition) is 2. The molecule has 1 fully saturated rings. The minimum absolute atomic E-state index is 0.111. The maximum Gasteiger partial charge on any atom is 0.255 e. The first kappa shape index (κ1) is 30.8. The molecule has 2 N–H and O–H groups in total. The van der Waals surface area contributed by atoms with Crippen molar-refractivity contribution >= 4 is 34.2 Å². The minimum atomic E-state index is -0.226. The van der Waals surface area contributed by atoms with Crippen LogP contribution in [0.2, 0.25) is 0 Å². The molecule has 1 aliphatic rings. The molecule has 0 saturated carbocycles. The average molecular weight is 618 g/mol. The third-order valence-electron chi connectivity index (χ3n) is 8.60. The molecule has 2 amide bonds. The Morgan fingerprint density at radius 3 is 2.48 bits per heavy atom. The van der Waals surface area contributed by atoms with E-state index in [4.69, 9.17) is 14.7 Å². The van der Waals surface area contributed by atoms with E-state index < -0.39 is 0 Å². The lowest BCUT2D eigenvalue weighted by Crippen LogP contribution is -2.38. The number of ether oxygens (including phenoxy) is 1. The quantitative estimate of drug-likeness (QED) is 0.196. The zero-order valence-corrected chi connectivity index (χ0v) is 26.7. The van der Waals surface area contributed by atoms with Gasteiger partial charge in [0.2, 0.25) is 11.8 Å².